The number of nitrogens with one attached hydrogen (secondary N) is 1. The third-order valence-corrected chi connectivity index (χ3v) is 1.66. The predicted molar refractivity (Wildman–Crippen MR) is 52.0 cm³/mol. The summed E-state index contributed by atoms with van der Waals surface area (Å²) in [5, 5.41) is 13.2. The molecule has 0 aromatic heterocycles. The molecule has 0 aliphatic heterocycles. The lowest BCUT2D eigenvalue weighted by atomic mass is 10.2. The second-order valence-electron chi connectivity index (χ2n) is 2.62. The van der Waals surface area contributed by atoms with E-state index in [2.05, 4.69) is 5.32 Å². The molecule has 0 amide bonds. The van der Waals surface area contributed by atoms with Gasteiger partial charge in [-0.3, -0.25) is 10.1 Å². The summed E-state index contributed by atoms with van der Waals surface area (Å²) in [4.78, 5) is 10.0. The average Bonchev–Trinajstić information content (AvgIpc) is 2.14. The third kappa shape index (κ3) is 2.09. The summed E-state index contributed by atoms with van der Waals surface area (Å²) in [6, 6.07) is 4.49. The van der Waals surface area contributed by atoms with E-state index in [4.69, 9.17) is 5.73 Å². The van der Waals surface area contributed by atoms with Gasteiger partial charge in [-0.2, -0.15) is 0 Å². The number of anilines is 2. The lowest BCUT2D eigenvalue weighted by Crippen LogP contribution is -2.06. The van der Waals surface area contributed by atoms with Gasteiger partial charge in [0.2, 0.25) is 0 Å². The summed E-state index contributed by atoms with van der Waals surface area (Å²) in [5.74, 6) is 0. The molecular formula is C8H10FN3O2. The zero-order chi connectivity index (χ0) is 10.6. The van der Waals surface area contributed by atoms with E-state index in [-0.39, 0.29) is 23.6 Å². The molecule has 0 atom stereocenters. The van der Waals surface area contributed by atoms with Gasteiger partial charge in [-0.25, -0.2) is 4.39 Å². The summed E-state index contributed by atoms with van der Waals surface area (Å²) in [5.41, 5.74) is 5.52. The number of nitrogen functional groups attached to an aromatic ring is 1. The van der Waals surface area contributed by atoms with Crippen LogP contribution in [-0.2, 0) is 0 Å². The van der Waals surface area contributed by atoms with Crippen LogP contribution in [0, 0.1) is 10.1 Å². The fourth-order valence-electron chi connectivity index (χ4n) is 1.09. The molecule has 0 bridgehead atoms. The maximum absolute atomic E-state index is 11.8. The van der Waals surface area contributed by atoms with Crippen LogP contribution < -0.4 is 11.1 Å². The van der Waals surface area contributed by atoms with Crippen molar-refractivity contribution in [3.8, 4) is 0 Å². The standard InChI is InChI=1S/C8H10FN3O2/c9-4-5-11-7-3-1-2-6(10)8(7)12(13)14/h1-3,11H,4-5,10H2. The van der Waals surface area contributed by atoms with Crippen LogP contribution in [0.15, 0.2) is 18.2 Å². The predicted octanol–water partition coefficient (Wildman–Crippen LogP) is 1.56. The number of rotatable bonds is 4. The van der Waals surface area contributed by atoms with E-state index in [0.717, 1.165) is 0 Å². The first-order valence-corrected chi connectivity index (χ1v) is 3.99. The molecule has 0 radical (unpaired) electrons. The molecule has 0 aliphatic carbocycles. The first-order chi connectivity index (χ1) is 6.66. The van der Waals surface area contributed by atoms with Crippen LogP contribution in [-0.4, -0.2) is 18.1 Å². The van der Waals surface area contributed by atoms with Crippen molar-refractivity contribution in [1.82, 2.24) is 0 Å². The van der Waals surface area contributed by atoms with Crippen LogP contribution in [0.3, 0.4) is 0 Å². The first-order valence-electron chi connectivity index (χ1n) is 3.99. The minimum Gasteiger partial charge on any atom is -0.393 e. The molecule has 0 saturated carbocycles. The van der Waals surface area contributed by atoms with E-state index in [1.165, 1.54) is 12.1 Å². The van der Waals surface area contributed by atoms with Crippen LogP contribution in [0.5, 0.6) is 0 Å². The summed E-state index contributed by atoms with van der Waals surface area (Å²) < 4.78 is 11.8. The lowest BCUT2D eigenvalue weighted by molar-refractivity contribution is -0.383. The van der Waals surface area contributed by atoms with Gasteiger partial charge in [-0.05, 0) is 12.1 Å². The number of hydrogen-bond donors (Lipinski definition) is 2. The van der Waals surface area contributed by atoms with Gasteiger partial charge < -0.3 is 11.1 Å². The van der Waals surface area contributed by atoms with Crippen LogP contribution in [0.25, 0.3) is 0 Å². The second-order valence-corrected chi connectivity index (χ2v) is 2.62. The van der Waals surface area contributed by atoms with Gasteiger partial charge in [-0.1, -0.05) is 6.07 Å². The zero-order valence-corrected chi connectivity index (χ0v) is 7.37. The van der Waals surface area contributed by atoms with Gasteiger partial charge in [0.1, 0.15) is 18.0 Å². The van der Waals surface area contributed by atoms with Gasteiger partial charge >= 0.3 is 5.69 Å². The Morgan fingerprint density at radius 1 is 1.57 bits per heavy atom. The Balaban J connectivity index is 3.02. The fraction of sp³-hybridized carbons (Fsp3) is 0.250. The Morgan fingerprint density at radius 3 is 2.86 bits per heavy atom. The largest absolute Gasteiger partial charge is 0.393 e. The van der Waals surface area contributed by atoms with Crippen molar-refractivity contribution in [2.45, 2.75) is 0 Å². The monoisotopic (exact) mass is 199 g/mol. The third-order valence-electron chi connectivity index (χ3n) is 1.66. The molecule has 5 nitrogen and oxygen atoms in total. The van der Waals surface area contributed by atoms with Crippen molar-refractivity contribution in [2.24, 2.45) is 0 Å². The number of benzene rings is 1. The van der Waals surface area contributed by atoms with Crippen molar-refractivity contribution in [3.63, 3.8) is 0 Å². The van der Waals surface area contributed by atoms with Crippen molar-refractivity contribution < 1.29 is 9.31 Å². The molecule has 1 rings (SSSR count). The van der Waals surface area contributed by atoms with Crippen LogP contribution in [0.4, 0.5) is 21.5 Å². The topological polar surface area (TPSA) is 81.2 Å². The van der Waals surface area contributed by atoms with Crippen LogP contribution in [0.2, 0.25) is 0 Å². The number of nitrogens with zero attached hydrogens (tertiary/aromatic N) is 1. The minimum absolute atomic E-state index is 0.0320. The van der Waals surface area contributed by atoms with Gasteiger partial charge in [0.05, 0.1) is 4.92 Å². The van der Waals surface area contributed by atoms with E-state index in [1.807, 2.05) is 0 Å². The van der Waals surface area contributed by atoms with Gasteiger partial charge in [0.25, 0.3) is 0 Å². The van der Waals surface area contributed by atoms with Gasteiger partial charge in [0.15, 0.2) is 0 Å². The highest BCUT2D eigenvalue weighted by atomic mass is 19.1. The van der Waals surface area contributed by atoms with E-state index < -0.39 is 11.6 Å². The number of halogens is 1. The molecule has 3 N–H and O–H groups in total. The molecule has 1 aromatic carbocycles. The Morgan fingerprint density at radius 2 is 2.29 bits per heavy atom. The molecule has 0 fully saturated rings. The van der Waals surface area contributed by atoms with Crippen molar-refractivity contribution in [1.29, 1.82) is 0 Å². The molecule has 0 unspecified atom stereocenters. The molecule has 1 aromatic rings. The fourth-order valence-corrected chi connectivity index (χ4v) is 1.09. The first kappa shape index (κ1) is 10.2. The molecule has 76 valence electrons. The summed E-state index contributed by atoms with van der Waals surface area (Å²) >= 11 is 0. The Hall–Kier alpha value is -1.85. The van der Waals surface area contributed by atoms with Gasteiger partial charge in [-0.15, -0.1) is 0 Å². The number of nitro benzene ring substituents is 1. The molecule has 14 heavy (non-hydrogen) atoms. The van der Waals surface area contributed by atoms with E-state index in [0.29, 0.717) is 0 Å². The maximum Gasteiger partial charge on any atom is 0.314 e. The van der Waals surface area contributed by atoms with Crippen molar-refractivity contribution in [3.05, 3.63) is 28.3 Å². The number of hydrogen-bond acceptors (Lipinski definition) is 4. The Kier molecular flexibility index (Phi) is 3.22. The highest BCUT2D eigenvalue weighted by Gasteiger charge is 2.16. The van der Waals surface area contributed by atoms with E-state index >= 15 is 0 Å². The SMILES string of the molecule is Nc1cccc(NCCF)c1[N+](=O)[O-]. The molecule has 0 aliphatic rings. The summed E-state index contributed by atoms with van der Waals surface area (Å²) in [7, 11) is 0. The summed E-state index contributed by atoms with van der Waals surface area (Å²) in [6.07, 6.45) is 0. The van der Waals surface area contributed by atoms with Crippen molar-refractivity contribution in [2.75, 3.05) is 24.3 Å². The number of nitro groups is 1. The minimum atomic E-state index is -0.591. The molecule has 0 saturated heterocycles. The van der Waals surface area contributed by atoms with Crippen molar-refractivity contribution >= 4 is 17.1 Å². The molecule has 6 heteroatoms. The maximum atomic E-state index is 11.8. The zero-order valence-electron chi connectivity index (χ0n) is 7.37. The lowest BCUT2D eigenvalue weighted by Gasteiger charge is -2.05. The van der Waals surface area contributed by atoms with E-state index in [1.54, 1.807) is 6.07 Å². The molecular weight excluding hydrogens is 189 g/mol. The van der Waals surface area contributed by atoms with Crippen LogP contribution >= 0.6 is 0 Å². The normalized spacial score (nSPS) is 9.79. The van der Waals surface area contributed by atoms with Gasteiger partial charge in [0, 0.05) is 6.54 Å². The highest BCUT2D eigenvalue weighted by Crippen LogP contribution is 2.29. The Bertz CT molecular complexity index is 343. The molecule has 0 heterocycles. The second kappa shape index (κ2) is 4.40. The molecule has 0 spiro atoms. The number of nitrogens with two attached hydrogens (primary N) is 1. The number of alkyl halides is 1. The smallest absolute Gasteiger partial charge is 0.314 e. The van der Waals surface area contributed by atoms with E-state index in [9.17, 15) is 14.5 Å². The summed E-state index contributed by atoms with van der Waals surface area (Å²) in [6.45, 7) is -0.559. The van der Waals surface area contributed by atoms with Crippen LogP contribution in [0.1, 0.15) is 0 Å². The quantitative estimate of drug-likeness (QED) is 0.438. The number of para-hydroxylation sites is 1. The Labute approximate surface area is 79.9 Å². The highest BCUT2D eigenvalue weighted by molar-refractivity contribution is 5.74. The average molecular weight is 199 g/mol.